The van der Waals surface area contributed by atoms with Gasteiger partial charge in [0, 0.05) is 37.4 Å². The van der Waals surface area contributed by atoms with E-state index in [0.717, 1.165) is 44.6 Å². The monoisotopic (exact) mass is 379 g/mol. The molecule has 0 unspecified atom stereocenters. The average molecular weight is 380 g/mol. The number of hydrogen-bond donors (Lipinski definition) is 2. The summed E-state index contributed by atoms with van der Waals surface area (Å²) in [5.74, 6) is 1.70. The highest BCUT2D eigenvalue weighted by Gasteiger charge is 2.09. The van der Waals surface area contributed by atoms with E-state index in [1.54, 1.807) is 19.2 Å². The fraction of sp³-hybridized carbons (Fsp3) is 0.500. The Kier molecular flexibility index (Phi) is 8.92. The Bertz CT molecular complexity index is 672. The van der Waals surface area contributed by atoms with Crippen LogP contribution in [0.1, 0.15) is 32.1 Å². The Morgan fingerprint density at radius 1 is 1.19 bits per heavy atom. The summed E-state index contributed by atoms with van der Waals surface area (Å²) >= 11 is 5.89. The molecule has 1 heterocycles. The summed E-state index contributed by atoms with van der Waals surface area (Å²) in [4.78, 5) is 8.54. The molecule has 0 fully saturated rings. The Hall–Kier alpha value is -2.12. The molecule has 8 heteroatoms. The van der Waals surface area contributed by atoms with Crippen molar-refractivity contribution >= 4 is 17.6 Å². The number of rotatable bonds is 10. The lowest BCUT2D eigenvalue weighted by Crippen LogP contribution is -2.37. The predicted octanol–water partition coefficient (Wildman–Crippen LogP) is 3.26. The number of ether oxygens (including phenoxy) is 1. The smallest absolute Gasteiger partial charge is 0.246 e. The van der Waals surface area contributed by atoms with Gasteiger partial charge in [0.05, 0.1) is 6.54 Å². The largest absolute Gasteiger partial charge is 0.381 e. The molecule has 142 valence electrons. The molecule has 0 atom stereocenters. The van der Waals surface area contributed by atoms with E-state index in [0.29, 0.717) is 29.2 Å². The van der Waals surface area contributed by atoms with E-state index >= 15 is 0 Å². The number of nitrogens with zero attached hydrogens (tertiary/aromatic N) is 3. The van der Waals surface area contributed by atoms with Gasteiger partial charge in [0.25, 0.3) is 0 Å². The van der Waals surface area contributed by atoms with Gasteiger partial charge >= 0.3 is 0 Å². The van der Waals surface area contributed by atoms with Gasteiger partial charge in [-0.05, 0) is 37.1 Å². The van der Waals surface area contributed by atoms with E-state index in [1.165, 1.54) is 0 Å². The molecule has 0 radical (unpaired) electrons. The summed E-state index contributed by atoms with van der Waals surface area (Å²) in [6, 6.07) is 7.30. The normalized spacial score (nSPS) is 11.6. The highest BCUT2D eigenvalue weighted by molar-refractivity contribution is 6.30. The van der Waals surface area contributed by atoms with Crippen LogP contribution in [0, 0.1) is 0 Å². The summed E-state index contributed by atoms with van der Waals surface area (Å²) in [6.45, 7) is 4.91. The zero-order valence-electron chi connectivity index (χ0n) is 15.3. The first-order chi connectivity index (χ1) is 12.7. The lowest BCUT2D eigenvalue weighted by Gasteiger charge is -2.10. The zero-order valence-corrected chi connectivity index (χ0v) is 16.1. The maximum atomic E-state index is 5.89. The number of unbranched alkanes of at least 4 members (excludes halogenated alkanes) is 1. The summed E-state index contributed by atoms with van der Waals surface area (Å²) < 4.78 is 10.8. The third kappa shape index (κ3) is 7.01. The number of nitrogens with one attached hydrogen (secondary N) is 2. The van der Waals surface area contributed by atoms with E-state index in [-0.39, 0.29) is 0 Å². The molecule has 2 rings (SSSR count). The summed E-state index contributed by atoms with van der Waals surface area (Å²) in [5, 5.41) is 11.0. The van der Waals surface area contributed by atoms with Crippen molar-refractivity contribution in [1.29, 1.82) is 0 Å². The van der Waals surface area contributed by atoms with E-state index in [4.69, 9.17) is 20.9 Å². The van der Waals surface area contributed by atoms with E-state index in [1.807, 2.05) is 12.1 Å². The molecule has 0 amide bonds. The van der Waals surface area contributed by atoms with Crippen LogP contribution >= 0.6 is 11.6 Å². The Morgan fingerprint density at radius 3 is 2.69 bits per heavy atom. The van der Waals surface area contributed by atoms with E-state index in [2.05, 4.69) is 32.7 Å². The fourth-order valence-electron chi connectivity index (χ4n) is 2.15. The molecular weight excluding hydrogens is 354 g/mol. The van der Waals surface area contributed by atoms with Gasteiger partial charge in [0.2, 0.25) is 11.7 Å². The molecule has 1 aromatic carbocycles. The Balaban J connectivity index is 1.71. The predicted molar refractivity (Wildman–Crippen MR) is 103 cm³/mol. The number of halogens is 1. The van der Waals surface area contributed by atoms with Crippen LogP contribution in [-0.2, 0) is 11.3 Å². The van der Waals surface area contributed by atoms with Gasteiger partial charge in [0.15, 0.2) is 5.96 Å². The van der Waals surface area contributed by atoms with Crippen molar-refractivity contribution in [1.82, 2.24) is 20.8 Å². The molecule has 2 N–H and O–H groups in total. The molecule has 0 aliphatic rings. The van der Waals surface area contributed by atoms with Gasteiger partial charge in [-0.15, -0.1) is 0 Å². The van der Waals surface area contributed by atoms with Gasteiger partial charge in [-0.2, -0.15) is 4.98 Å². The first-order valence-electron chi connectivity index (χ1n) is 8.83. The molecule has 7 nitrogen and oxygen atoms in total. The van der Waals surface area contributed by atoms with E-state index < -0.39 is 0 Å². The second-order valence-electron chi connectivity index (χ2n) is 5.69. The first-order valence-corrected chi connectivity index (χ1v) is 9.21. The molecule has 0 spiro atoms. The zero-order chi connectivity index (χ0) is 18.6. The quantitative estimate of drug-likeness (QED) is 0.374. The molecule has 0 aliphatic carbocycles. The second kappa shape index (κ2) is 11.5. The second-order valence-corrected chi connectivity index (χ2v) is 6.13. The molecule has 0 saturated carbocycles. The minimum atomic E-state index is 0.396. The SMILES string of the molecule is CCCCOCCCNC(=NC)NCc1nc(-c2ccc(Cl)cc2)no1. The summed E-state index contributed by atoms with van der Waals surface area (Å²) in [5.41, 5.74) is 0.856. The van der Waals surface area contributed by atoms with Gasteiger partial charge < -0.3 is 19.9 Å². The lowest BCUT2D eigenvalue weighted by atomic mass is 10.2. The van der Waals surface area contributed by atoms with Gasteiger partial charge in [-0.1, -0.05) is 30.1 Å². The molecule has 0 bridgehead atoms. The van der Waals surface area contributed by atoms with Crippen LogP contribution in [0.25, 0.3) is 11.4 Å². The van der Waals surface area contributed by atoms with Crippen molar-refractivity contribution in [2.24, 2.45) is 4.99 Å². The van der Waals surface area contributed by atoms with Crippen LogP contribution in [0.15, 0.2) is 33.8 Å². The summed E-state index contributed by atoms with van der Waals surface area (Å²) in [7, 11) is 1.72. The maximum Gasteiger partial charge on any atom is 0.246 e. The number of aliphatic imine (C=N–C) groups is 1. The molecule has 0 aliphatic heterocycles. The Morgan fingerprint density at radius 2 is 1.96 bits per heavy atom. The number of benzene rings is 1. The fourth-order valence-corrected chi connectivity index (χ4v) is 2.28. The van der Waals surface area contributed by atoms with Crippen LogP contribution in [0.5, 0.6) is 0 Å². The third-order valence-corrected chi connectivity index (χ3v) is 3.85. The summed E-state index contributed by atoms with van der Waals surface area (Å²) in [6.07, 6.45) is 3.19. The van der Waals surface area contributed by atoms with Crippen molar-refractivity contribution in [3.63, 3.8) is 0 Å². The third-order valence-electron chi connectivity index (χ3n) is 3.60. The molecule has 1 aromatic heterocycles. The number of aromatic nitrogens is 2. The first kappa shape index (κ1) is 20.2. The van der Waals surface area contributed by atoms with Gasteiger partial charge in [-0.3, -0.25) is 4.99 Å². The number of guanidine groups is 1. The van der Waals surface area contributed by atoms with Crippen LogP contribution < -0.4 is 10.6 Å². The van der Waals surface area contributed by atoms with E-state index in [9.17, 15) is 0 Å². The van der Waals surface area contributed by atoms with Crippen LogP contribution in [0.2, 0.25) is 5.02 Å². The molecule has 26 heavy (non-hydrogen) atoms. The highest BCUT2D eigenvalue weighted by atomic mass is 35.5. The highest BCUT2D eigenvalue weighted by Crippen LogP contribution is 2.18. The average Bonchev–Trinajstić information content (AvgIpc) is 3.13. The van der Waals surface area contributed by atoms with Crippen molar-refractivity contribution in [2.75, 3.05) is 26.8 Å². The molecule has 0 saturated heterocycles. The standard InChI is InChI=1S/C18H26ClN5O2/c1-3-4-11-25-12-5-10-21-18(20-2)22-13-16-23-17(24-26-16)14-6-8-15(19)9-7-14/h6-9H,3-5,10-13H2,1-2H3,(H2,20,21,22). The van der Waals surface area contributed by atoms with Crippen molar-refractivity contribution in [2.45, 2.75) is 32.7 Å². The van der Waals surface area contributed by atoms with Crippen LogP contribution in [0.4, 0.5) is 0 Å². The lowest BCUT2D eigenvalue weighted by molar-refractivity contribution is 0.129. The minimum Gasteiger partial charge on any atom is -0.381 e. The molecular formula is C18H26ClN5O2. The van der Waals surface area contributed by atoms with Crippen LogP contribution in [-0.4, -0.2) is 42.9 Å². The van der Waals surface area contributed by atoms with Crippen LogP contribution in [0.3, 0.4) is 0 Å². The minimum absolute atomic E-state index is 0.396. The number of hydrogen-bond acceptors (Lipinski definition) is 5. The maximum absolute atomic E-state index is 5.89. The van der Waals surface area contributed by atoms with Gasteiger partial charge in [0.1, 0.15) is 0 Å². The Labute approximate surface area is 159 Å². The van der Waals surface area contributed by atoms with Gasteiger partial charge in [-0.25, -0.2) is 0 Å². The van der Waals surface area contributed by atoms with Crippen molar-refractivity contribution in [3.8, 4) is 11.4 Å². The van der Waals surface area contributed by atoms with Crippen molar-refractivity contribution < 1.29 is 9.26 Å². The topological polar surface area (TPSA) is 84.6 Å². The van der Waals surface area contributed by atoms with Crippen molar-refractivity contribution in [3.05, 3.63) is 35.2 Å². The molecule has 2 aromatic rings.